The molecule has 0 saturated carbocycles. The number of hydrogen-bond acceptors (Lipinski definition) is 6. The third-order valence-corrected chi connectivity index (χ3v) is 4.75. The second-order valence-corrected chi connectivity index (χ2v) is 6.47. The summed E-state index contributed by atoms with van der Waals surface area (Å²) in [6.07, 6.45) is 5.74. The minimum atomic E-state index is 0.171. The molecule has 3 heterocycles. The lowest BCUT2D eigenvalue weighted by Gasteiger charge is -2.34. The van der Waals surface area contributed by atoms with E-state index in [1.165, 1.54) is 0 Å². The molecule has 1 N–H and O–H groups in total. The van der Waals surface area contributed by atoms with E-state index in [1.54, 1.807) is 18.6 Å². The number of nitrogens with one attached hydrogen (secondary N) is 1. The molecule has 0 bridgehead atoms. The largest absolute Gasteiger partial charge is 0.383 e. The van der Waals surface area contributed by atoms with Crippen molar-refractivity contribution in [3.8, 4) is 0 Å². The lowest BCUT2D eigenvalue weighted by Crippen LogP contribution is -2.49. The van der Waals surface area contributed by atoms with Gasteiger partial charge in [0.25, 0.3) is 0 Å². The zero-order valence-electron chi connectivity index (χ0n) is 15.1. The summed E-state index contributed by atoms with van der Waals surface area (Å²) in [5.74, 6) is 0.902. The number of carbonyl (C=O) groups is 1. The van der Waals surface area contributed by atoms with E-state index >= 15 is 0 Å². The van der Waals surface area contributed by atoms with Crippen LogP contribution in [0, 0.1) is 0 Å². The quantitative estimate of drug-likeness (QED) is 0.750. The van der Waals surface area contributed by atoms with Crippen molar-refractivity contribution in [2.24, 2.45) is 0 Å². The number of fused-ring (bicyclic) bond motifs is 1. The Morgan fingerprint density at radius 3 is 2.48 bits per heavy atom. The average molecular weight is 362 g/mol. The Hall–Kier alpha value is -3.22. The molecule has 4 rings (SSSR count). The minimum absolute atomic E-state index is 0.171. The third-order valence-electron chi connectivity index (χ3n) is 4.75. The first kappa shape index (κ1) is 17.2. The molecule has 0 radical (unpaired) electrons. The molecule has 1 saturated heterocycles. The number of nitrogens with zero attached hydrogens (tertiary/aromatic N) is 5. The fourth-order valence-electron chi connectivity index (χ4n) is 3.32. The molecule has 1 aliphatic rings. The number of hydrogen-bond donors (Lipinski definition) is 1. The van der Waals surface area contributed by atoms with Crippen LogP contribution in [0.5, 0.6) is 0 Å². The first-order valence-corrected chi connectivity index (χ1v) is 9.18. The number of rotatable bonds is 5. The highest BCUT2D eigenvalue weighted by Gasteiger charge is 2.22. The highest BCUT2D eigenvalue weighted by atomic mass is 16.2. The maximum atomic E-state index is 12.5. The molecule has 7 nitrogen and oxygen atoms in total. The zero-order chi connectivity index (χ0) is 18.5. The van der Waals surface area contributed by atoms with E-state index < -0.39 is 0 Å². The van der Waals surface area contributed by atoms with Gasteiger partial charge in [0.1, 0.15) is 0 Å². The van der Waals surface area contributed by atoms with E-state index in [2.05, 4.69) is 25.2 Å². The smallest absolute Gasteiger partial charge is 0.225 e. The lowest BCUT2D eigenvalue weighted by molar-refractivity contribution is -0.131. The molecule has 138 valence electrons. The summed E-state index contributed by atoms with van der Waals surface area (Å²) in [6.45, 7) is 3.52. The van der Waals surface area contributed by atoms with Crippen molar-refractivity contribution in [3.05, 3.63) is 55.0 Å². The maximum absolute atomic E-state index is 12.5. The number of pyridine rings is 1. The van der Waals surface area contributed by atoms with Gasteiger partial charge in [-0.25, -0.2) is 9.97 Å². The van der Waals surface area contributed by atoms with Crippen LogP contribution in [0.1, 0.15) is 6.42 Å². The van der Waals surface area contributed by atoms with Gasteiger partial charge >= 0.3 is 0 Å². The number of aromatic nitrogens is 3. The van der Waals surface area contributed by atoms with Crippen molar-refractivity contribution in [3.63, 3.8) is 0 Å². The van der Waals surface area contributed by atoms with E-state index in [4.69, 9.17) is 0 Å². The van der Waals surface area contributed by atoms with E-state index in [0.717, 1.165) is 35.6 Å². The number of piperazine rings is 1. The number of amides is 1. The summed E-state index contributed by atoms with van der Waals surface area (Å²) in [5.41, 5.74) is 1.90. The van der Waals surface area contributed by atoms with Crippen molar-refractivity contribution in [1.29, 1.82) is 0 Å². The van der Waals surface area contributed by atoms with Crippen LogP contribution in [0.4, 0.5) is 11.6 Å². The molecule has 0 atom stereocenters. The Labute approximate surface area is 158 Å². The summed E-state index contributed by atoms with van der Waals surface area (Å²) >= 11 is 0. The Bertz CT molecular complexity index is 903. The van der Waals surface area contributed by atoms with Crippen LogP contribution in [0.25, 0.3) is 10.9 Å². The standard InChI is InChI=1S/C20H22N6O/c27-18(25-12-14-26(15-13-25)20-23-9-3-10-24-20)7-11-21-17-6-1-4-16-5-2-8-22-19(16)17/h1-6,8-10,21H,7,11-15H2. The minimum Gasteiger partial charge on any atom is -0.383 e. The molecular weight excluding hydrogens is 340 g/mol. The topological polar surface area (TPSA) is 74.2 Å². The predicted octanol–water partition coefficient (Wildman–Crippen LogP) is 2.18. The fourth-order valence-corrected chi connectivity index (χ4v) is 3.32. The molecule has 2 aromatic heterocycles. The highest BCUT2D eigenvalue weighted by Crippen LogP contribution is 2.20. The number of carbonyl (C=O) groups excluding carboxylic acids is 1. The van der Waals surface area contributed by atoms with Crippen molar-refractivity contribution < 1.29 is 4.79 Å². The molecule has 1 fully saturated rings. The van der Waals surface area contributed by atoms with E-state index in [0.29, 0.717) is 26.1 Å². The SMILES string of the molecule is O=C(CCNc1cccc2cccnc12)N1CCN(c2ncccn2)CC1. The predicted molar refractivity (Wildman–Crippen MR) is 106 cm³/mol. The molecule has 1 amide bonds. The lowest BCUT2D eigenvalue weighted by atomic mass is 10.2. The Kier molecular flexibility index (Phi) is 5.09. The van der Waals surface area contributed by atoms with Gasteiger partial charge in [-0.1, -0.05) is 18.2 Å². The second-order valence-electron chi connectivity index (χ2n) is 6.47. The monoisotopic (exact) mass is 362 g/mol. The van der Waals surface area contributed by atoms with Crippen LogP contribution in [-0.2, 0) is 4.79 Å². The van der Waals surface area contributed by atoms with E-state index in [1.807, 2.05) is 41.3 Å². The summed E-state index contributed by atoms with van der Waals surface area (Å²) in [7, 11) is 0. The normalized spacial score (nSPS) is 14.4. The van der Waals surface area contributed by atoms with Crippen LogP contribution in [0.2, 0.25) is 0 Å². The van der Waals surface area contributed by atoms with Crippen LogP contribution in [0.3, 0.4) is 0 Å². The Morgan fingerprint density at radius 1 is 0.926 bits per heavy atom. The molecule has 3 aromatic rings. The molecule has 0 unspecified atom stereocenters. The molecule has 27 heavy (non-hydrogen) atoms. The van der Waals surface area contributed by atoms with Gasteiger partial charge < -0.3 is 15.1 Å². The molecule has 7 heteroatoms. The van der Waals surface area contributed by atoms with Crippen molar-refractivity contribution in [2.75, 3.05) is 42.9 Å². The number of benzene rings is 1. The van der Waals surface area contributed by atoms with E-state index in [9.17, 15) is 4.79 Å². The van der Waals surface area contributed by atoms with Crippen LogP contribution in [-0.4, -0.2) is 58.5 Å². The van der Waals surface area contributed by atoms with Gasteiger partial charge in [0.2, 0.25) is 11.9 Å². The fraction of sp³-hybridized carbons (Fsp3) is 0.300. The summed E-state index contributed by atoms with van der Waals surface area (Å²) in [5, 5.41) is 4.44. The summed E-state index contributed by atoms with van der Waals surface area (Å²) in [4.78, 5) is 29.5. The van der Waals surface area contributed by atoms with Crippen LogP contribution >= 0.6 is 0 Å². The average Bonchev–Trinajstić information content (AvgIpc) is 2.74. The van der Waals surface area contributed by atoms with Gasteiger partial charge in [-0.15, -0.1) is 0 Å². The summed E-state index contributed by atoms with van der Waals surface area (Å²) in [6, 6.07) is 11.8. The molecule has 0 aliphatic carbocycles. The first-order valence-electron chi connectivity index (χ1n) is 9.18. The van der Waals surface area contributed by atoms with Gasteiger partial charge in [0.15, 0.2) is 0 Å². The highest BCUT2D eigenvalue weighted by molar-refractivity contribution is 5.90. The van der Waals surface area contributed by atoms with E-state index in [-0.39, 0.29) is 5.91 Å². The van der Waals surface area contributed by atoms with Gasteiger partial charge in [-0.05, 0) is 18.2 Å². The van der Waals surface area contributed by atoms with Crippen LogP contribution < -0.4 is 10.2 Å². The van der Waals surface area contributed by atoms with Crippen LogP contribution in [0.15, 0.2) is 55.0 Å². The van der Waals surface area contributed by atoms with Crippen molar-refractivity contribution >= 4 is 28.4 Å². The van der Waals surface area contributed by atoms with Gasteiger partial charge in [-0.3, -0.25) is 9.78 Å². The Morgan fingerprint density at radius 2 is 1.67 bits per heavy atom. The Balaban J connectivity index is 1.28. The van der Waals surface area contributed by atoms with Crippen molar-refractivity contribution in [1.82, 2.24) is 19.9 Å². The molecular formula is C20H22N6O. The molecule has 1 aliphatic heterocycles. The molecule has 1 aromatic carbocycles. The summed E-state index contributed by atoms with van der Waals surface area (Å²) < 4.78 is 0. The van der Waals surface area contributed by atoms with Gasteiger partial charge in [-0.2, -0.15) is 0 Å². The zero-order valence-corrected chi connectivity index (χ0v) is 15.1. The van der Waals surface area contributed by atoms with Gasteiger partial charge in [0.05, 0.1) is 11.2 Å². The molecule has 0 spiro atoms. The number of anilines is 2. The number of para-hydroxylation sites is 1. The third kappa shape index (κ3) is 3.97. The first-order chi connectivity index (χ1) is 13.3. The van der Waals surface area contributed by atoms with Crippen molar-refractivity contribution in [2.45, 2.75) is 6.42 Å². The maximum Gasteiger partial charge on any atom is 0.225 e. The van der Waals surface area contributed by atoms with Gasteiger partial charge in [0, 0.05) is 63.1 Å². The second kappa shape index (κ2) is 7.99.